The van der Waals surface area contributed by atoms with E-state index >= 15 is 0 Å². The molecule has 1 aliphatic heterocycles. The van der Waals surface area contributed by atoms with E-state index in [1.54, 1.807) is 11.0 Å². The molecule has 20 heavy (non-hydrogen) atoms. The molecule has 0 aromatic carbocycles. The van der Waals surface area contributed by atoms with Gasteiger partial charge in [-0.1, -0.05) is 0 Å². The summed E-state index contributed by atoms with van der Waals surface area (Å²) in [5.74, 6) is 1.83. The Morgan fingerprint density at radius 1 is 1.25 bits per heavy atom. The zero-order chi connectivity index (χ0) is 14.1. The second kappa shape index (κ2) is 5.36. The number of aromatic nitrogens is 4. The maximum atomic E-state index is 4.48. The van der Waals surface area contributed by atoms with Crippen LogP contribution >= 0.6 is 0 Å². The molecule has 0 aliphatic carbocycles. The summed E-state index contributed by atoms with van der Waals surface area (Å²) in [5.41, 5.74) is 0.908. The van der Waals surface area contributed by atoms with E-state index in [-0.39, 0.29) is 0 Å². The van der Waals surface area contributed by atoms with Gasteiger partial charge in [0.05, 0.1) is 11.6 Å². The van der Waals surface area contributed by atoms with Gasteiger partial charge < -0.3 is 9.80 Å². The van der Waals surface area contributed by atoms with Gasteiger partial charge in [-0.15, -0.1) is 0 Å². The number of nitrogens with zero attached hydrogens (tertiary/aromatic N) is 6. The van der Waals surface area contributed by atoms with Crippen molar-refractivity contribution in [1.82, 2.24) is 24.6 Å². The lowest BCUT2D eigenvalue weighted by atomic mass is 9.96. The fourth-order valence-corrected chi connectivity index (χ4v) is 3.05. The number of anilines is 1. The lowest BCUT2D eigenvalue weighted by Crippen LogP contribution is -2.37. The Morgan fingerprint density at radius 2 is 2.00 bits per heavy atom. The third kappa shape index (κ3) is 2.47. The van der Waals surface area contributed by atoms with E-state index in [0.717, 1.165) is 35.9 Å². The predicted octanol–water partition coefficient (Wildman–Crippen LogP) is 1.14. The minimum absolute atomic E-state index is 0.799. The highest BCUT2D eigenvalue weighted by molar-refractivity contribution is 5.86. The minimum atomic E-state index is 0.799. The van der Waals surface area contributed by atoms with E-state index < -0.39 is 0 Å². The molecule has 2 aromatic rings. The molecule has 6 nitrogen and oxygen atoms in total. The largest absolute Gasteiger partial charge is 0.356 e. The molecule has 0 unspecified atom stereocenters. The normalized spacial score (nSPS) is 17.3. The number of hydrogen-bond acceptors (Lipinski definition) is 5. The van der Waals surface area contributed by atoms with Crippen molar-refractivity contribution in [2.75, 3.05) is 38.6 Å². The molecule has 1 saturated heterocycles. The summed E-state index contributed by atoms with van der Waals surface area (Å²) in [7, 11) is 6.22. The molecule has 3 heterocycles. The highest BCUT2D eigenvalue weighted by Gasteiger charge is 2.22. The smallest absolute Gasteiger partial charge is 0.163 e. The molecule has 0 N–H and O–H groups in total. The SMILES string of the molecule is CN(C)CC1CCN(c2ncnc3c2cnn3C)CC1. The van der Waals surface area contributed by atoms with Crippen LogP contribution in [0.5, 0.6) is 0 Å². The molecule has 0 saturated carbocycles. The lowest BCUT2D eigenvalue weighted by Gasteiger charge is -2.34. The Morgan fingerprint density at radius 3 is 2.70 bits per heavy atom. The first-order valence-electron chi connectivity index (χ1n) is 7.17. The molecule has 0 radical (unpaired) electrons. The van der Waals surface area contributed by atoms with Crippen molar-refractivity contribution in [2.45, 2.75) is 12.8 Å². The van der Waals surface area contributed by atoms with Gasteiger partial charge in [0, 0.05) is 26.7 Å². The Bertz CT molecular complexity index is 582. The van der Waals surface area contributed by atoms with Gasteiger partial charge in [-0.2, -0.15) is 5.10 Å². The highest BCUT2D eigenvalue weighted by atomic mass is 15.3. The van der Waals surface area contributed by atoms with Crippen molar-refractivity contribution in [1.29, 1.82) is 0 Å². The van der Waals surface area contributed by atoms with Gasteiger partial charge in [0.25, 0.3) is 0 Å². The van der Waals surface area contributed by atoms with Gasteiger partial charge in [0.15, 0.2) is 5.65 Å². The molecule has 0 amide bonds. The topological polar surface area (TPSA) is 50.1 Å². The van der Waals surface area contributed by atoms with Crippen molar-refractivity contribution >= 4 is 16.9 Å². The van der Waals surface area contributed by atoms with Crippen LogP contribution in [0.3, 0.4) is 0 Å². The molecule has 108 valence electrons. The van der Waals surface area contributed by atoms with Crippen LogP contribution in [0.2, 0.25) is 0 Å². The van der Waals surface area contributed by atoms with Crippen LogP contribution < -0.4 is 4.90 Å². The van der Waals surface area contributed by atoms with Gasteiger partial charge in [-0.3, -0.25) is 4.68 Å². The average Bonchev–Trinajstić information content (AvgIpc) is 2.81. The van der Waals surface area contributed by atoms with Gasteiger partial charge >= 0.3 is 0 Å². The number of fused-ring (bicyclic) bond motifs is 1. The number of piperidine rings is 1. The molecule has 1 aliphatic rings. The van der Waals surface area contributed by atoms with E-state index in [2.05, 4.69) is 39.0 Å². The molecule has 0 spiro atoms. The first-order chi connectivity index (χ1) is 9.65. The van der Waals surface area contributed by atoms with Crippen LogP contribution in [0, 0.1) is 5.92 Å². The highest BCUT2D eigenvalue weighted by Crippen LogP contribution is 2.27. The zero-order valence-electron chi connectivity index (χ0n) is 12.5. The summed E-state index contributed by atoms with van der Waals surface area (Å²) < 4.78 is 1.80. The molecule has 2 aromatic heterocycles. The maximum Gasteiger partial charge on any atom is 0.163 e. The monoisotopic (exact) mass is 274 g/mol. The summed E-state index contributed by atoms with van der Waals surface area (Å²) in [6, 6.07) is 0. The first kappa shape index (κ1) is 13.3. The van der Waals surface area contributed by atoms with Crippen LogP contribution in [0.15, 0.2) is 12.5 Å². The molecule has 6 heteroatoms. The van der Waals surface area contributed by atoms with Gasteiger partial charge in [0.1, 0.15) is 12.1 Å². The van der Waals surface area contributed by atoms with Crippen LogP contribution in [-0.4, -0.2) is 58.4 Å². The van der Waals surface area contributed by atoms with Gasteiger partial charge in [-0.25, -0.2) is 9.97 Å². The quantitative estimate of drug-likeness (QED) is 0.840. The number of rotatable bonds is 3. The van der Waals surface area contributed by atoms with Crippen LogP contribution in [0.25, 0.3) is 11.0 Å². The van der Waals surface area contributed by atoms with E-state index in [4.69, 9.17) is 0 Å². The molecular formula is C14H22N6. The van der Waals surface area contributed by atoms with E-state index in [1.807, 2.05) is 13.2 Å². The van der Waals surface area contributed by atoms with Crippen LogP contribution in [0.1, 0.15) is 12.8 Å². The molecule has 3 rings (SSSR count). The van der Waals surface area contributed by atoms with Crippen molar-refractivity contribution in [2.24, 2.45) is 13.0 Å². The maximum absolute atomic E-state index is 4.48. The van der Waals surface area contributed by atoms with E-state index in [0.29, 0.717) is 0 Å². The first-order valence-corrected chi connectivity index (χ1v) is 7.17. The van der Waals surface area contributed by atoms with Crippen molar-refractivity contribution in [3.05, 3.63) is 12.5 Å². The van der Waals surface area contributed by atoms with Crippen LogP contribution in [-0.2, 0) is 7.05 Å². The van der Waals surface area contributed by atoms with E-state index in [9.17, 15) is 0 Å². The molecule has 0 bridgehead atoms. The fraction of sp³-hybridized carbons (Fsp3) is 0.643. The summed E-state index contributed by atoms with van der Waals surface area (Å²) >= 11 is 0. The summed E-state index contributed by atoms with van der Waals surface area (Å²) in [4.78, 5) is 13.4. The average molecular weight is 274 g/mol. The Kier molecular flexibility index (Phi) is 3.56. The summed E-state index contributed by atoms with van der Waals surface area (Å²) in [6.07, 6.45) is 5.97. The van der Waals surface area contributed by atoms with E-state index in [1.165, 1.54) is 19.4 Å². The summed E-state index contributed by atoms with van der Waals surface area (Å²) in [6.45, 7) is 3.32. The standard InChI is InChI=1S/C14H22N6/c1-18(2)9-11-4-6-20(7-5-11)14-12-8-17-19(3)13(12)15-10-16-14/h8,10-11H,4-7,9H2,1-3H3. The zero-order valence-corrected chi connectivity index (χ0v) is 12.5. The van der Waals surface area contributed by atoms with Crippen molar-refractivity contribution in [3.8, 4) is 0 Å². The Labute approximate surface area is 119 Å². The Hall–Kier alpha value is -1.69. The number of aryl methyl sites for hydroxylation is 1. The molecular weight excluding hydrogens is 252 g/mol. The molecule has 1 fully saturated rings. The molecule has 0 atom stereocenters. The third-order valence-corrected chi connectivity index (χ3v) is 4.05. The lowest BCUT2D eigenvalue weighted by molar-refractivity contribution is 0.285. The minimum Gasteiger partial charge on any atom is -0.356 e. The summed E-state index contributed by atoms with van der Waals surface area (Å²) in [5, 5.41) is 5.34. The van der Waals surface area contributed by atoms with Crippen molar-refractivity contribution < 1.29 is 0 Å². The van der Waals surface area contributed by atoms with Crippen LogP contribution in [0.4, 0.5) is 5.82 Å². The second-order valence-corrected chi connectivity index (χ2v) is 5.90. The van der Waals surface area contributed by atoms with Gasteiger partial charge in [0.2, 0.25) is 0 Å². The Balaban J connectivity index is 1.77. The van der Waals surface area contributed by atoms with Gasteiger partial charge in [-0.05, 0) is 32.9 Å². The number of hydrogen-bond donors (Lipinski definition) is 0. The fourth-order valence-electron chi connectivity index (χ4n) is 3.05. The predicted molar refractivity (Wildman–Crippen MR) is 79.8 cm³/mol. The third-order valence-electron chi connectivity index (χ3n) is 4.05. The second-order valence-electron chi connectivity index (χ2n) is 5.90. The van der Waals surface area contributed by atoms with Crippen molar-refractivity contribution in [3.63, 3.8) is 0 Å².